The number of ether oxygens (including phenoxy) is 2. The lowest BCUT2D eigenvalue weighted by molar-refractivity contribution is -0.141. The fraction of sp³-hybridized carbons (Fsp3) is 0.261. The van der Waals surface area contributed by atoms with Crippen molar-refractivity contribution >= 4 is 28.7 Å². The van der Waals surface area contributed by atoms with Gasteiger partial charge in [0.2, 0.25) is 5.91 Å². The molecule has 0 aliphatic carbocycles. The molecule has 0 saturated heterocycles. The Hall–Kier alpha value is -3.95. The van der Waals surface area contributed by atoms with E-state index in [1.807, 2.05) is 0 Å². The van der Waals surface area contributed by atoms with E-state index in [9.17, 15) is 23.2 Å². The fourth-order valence-electron chi connectivity index (χ4n) is 3.50. The van der Waals surface area contributed by atoms with Crippen molar-refractivity contribution in [2.45, 2.75) is 32.9 Å². The third-order valence-electron chi connectivity index (χ3n) is 5.16. The maximum atomic E-state index is 13.3. The highest BCUT2D eigenvalue weighted by molar-refractivity contribution is 6.05. The highest BCUT2D eigenvalue weighted by Gasteiger charge is 2.23. The second-order valence-corrected chi connectivity index (χ2v) is 7.29. The molecule has 1 aromatic heterocycles. The van der Waals surface area contributed by atoms with Gasteiger partial charge in [-0.3, -0.25) is 19.0 Å². The molecule has 0 spiro atoms. The number of nitrogens with zero attached hydrogens (tertiary/aromatic N) is 1. The Balaban J connectivity index is 2.03. The van der Waals surface area contributed by atoms with Crippen molar-refractivity contribution in [3.63, 3.8) is 0 Å². The molecule has 0 aliphatic heterocycles. The lowest BCUT2D eigenvalue weighted by Crippen LogP contribution is -2.39. The lowest BCUT2D eigenvalue weighted by atomic mass is 10.1. The molecule has 2 N–H and O–H groups in total. The molecule has 3 aromatic rings. The molecule has 8 nitrogen and oxygen atoms in total. The standard InChI is InChI=1S/C23H22F2N2O6/c1-12(22(30)31)26-20(28)11-17-13(2)27(19-9-8-16(32-3)10-18(17)19)21(29)14-4-6-15(7-5-14)33-23(24)25/h4-10,12,23H,11H2,1-3H3,(H,26,28)(H,30,31). The number of hydrogen-bond acceptors (Lipinski definition) is 5. The van der Waals surface area contributed by atoms with Gasteiger partial charge in [0.25, 0.3) is 5.91 Å². The van der Waals surface area contributed by atoms with Gasteiger partial charge in [-0.15, -0.1) is 0 Å². The Morgan fingerprint density at radius 2 is 1.73 bits per heavy atom. The number of rotatable bonds is 8. The number of hydrogen-bond donors (Lipinski definition) is 2. The Labute approximate surface area is 187 Å². The fourth-order valence-corrected chi connectivity index (χ4v) is 3.50. The van der Waals surface area contributed by atoms with Gasteiger partial charge in [-0.1, -0.05) is 0 Å². The van der Waals surface area contributed by atoms with Crippen molar-refractivity contribution in [1.82, 2.24) is 9.88 Å². The van der Waals surface area contributed by atoms with E-state index in [0.717, 1.165) is 0 Å². The minimum atomic E-state index is -2.98. The Kier molecular flexibility index (Phi) is 6.95. The summed E-state index contributed by atoms with van der Waals surface area (Å²) in [4.78, 5) is 36.8. The Morgan fingerprint density at radius 1 is 1.09 bits per heavy atom. The second-order valence-electron chi connectivity index (χ2n) is 7.29. The van der Waals surface area contributed by atoms with Gasteiger partial charge < -0.3 is 19.9 Å². The summed E-state index contributed by atoms with van der Waals surface area (Å²) in [5.41, 5.74) is 1.75. The topological polar surface area (TPSA) is 107 Å². The third kappa shape index (κ3) is 5.11. The number of methoxy groups -OCH3 is 1. The number of aliphatic carboxylic acids is 1. The minimum absolute atomic E-state index is 0.0784. The molecule has 1 unspecified atom stereocenters. The first-order valence-electron chi connectivity index (χ1n) is 9.92. The van der Waals surface area contributed by atoms with E-state index in [1.54, 1.807) is 25.1 Å². The van der Waals surface area contributed by atoms with Crippen molar-refractivity contribution < 1.29 is 37.7 Å². The number of carbonyl (C=O) groups is 3. The average Bonchev–Trinajstić information content (AvgIpc) is 3.03. The number of halogens is 2. The minimum Gasteiger partial charge on any atom is -0.497 e. The van der Waals surface area contributed by atoms with Crippen molar-refractivity contribution in [3.8, 4) is 11.5 Å². The molecule has 3 rings (SSSR count). The molecular formula is C23H22F2N2O6. The Morgan fingerprint density at radius 3 is 2.30 bits per heavy atom. The molecular weight excluding hydrogens is 438 g/mol. The van der Waals surface area contributed by atoms with Crippen molar-refractivity contribution in [1.29, 1.82) is 0 Å². The molecule has 1 amide bonds. The summed E-state index contributed by atoms with van der Waals surface area (Å²) in [6, 6.07) is 9.24. The first-order chi connectivity index (χ1) is 15.6. The van der Waals surface area contributed by atoms with Gasteiger partial charge in [0.05, 0.1) is 19.0 Å². The quantitative estimate of drug-likeness (QED) is 0.534. The van der Waals surface area contributed by atoms with Crippen LogP contribution in [0.4, 0.5) is 8.78 Å². The van der Waals surface area contributed by atoms with E-state index >= 15 is 0 Å². The van der Waals surface area contributed by atoms with Crippen LogP contribution in [0.15, 0.2) is 42.5 Å². The van der Waals surface area contributed by atoms with Crippen LogP contribution >= 0.6 is 0 Å². The van der Waals surface area contributed by atoms with Crippen LogP contribution in [0.5, 0.6) is 11.5 Å². The van der Waals surface area contributed by atoms with Gasteiger partial charge in [0.15, 0.2) is 0 Å². The first-order valence-corrected chi connectivity index (χ1v) is 9.92. The SMILES string of the molecule is COc1ccc2c(c1)c(CC(=O)NC(C)C(=O)O)c(C)n2C(=O)c1ccc(OC(F)F)cc1. The normalized spacial score (nSPS) is 11.9. The molecule has 174 valence electrons. The number of fused-ring (bicyclic) bond motifs is 1. The lowest BCUT2D eigenvalue weighted by Gasteiger charge is -2.10. The average molecular weight is 460 g/mol. The highest BCUT2D eigenvalue weighted by Crippen LogP contribution is 2.31. The number of carboxylic acids is 1. The van der Waals surface area contributed by atoms with Crippen LogP contribution in [0.1, 0.15) is 28.5 Å². The van der Waals surface area contributed by atoms with E-state index in [0.29, 0.717) is 27.9 Å². The summed E-state index contributed by atoms with van der Waals surface area (Å²) in [6.07, 6.45) is -0.158. The second kappa shape index (κ2) is 9.68. The number of carboxylic acid groups (broad SMARTS) is 1. The molecule has 0 bridgehead atoms. The Bertz CT molecular complexity index is 1200. The van der Waals surface area contributed by atoms with Gasteiger partial charge in [-0.25, -0.2) is 0 Å². The van der Waals surface area contributed by atoms with Crippen LogP contribution in [0.25, 0.3) is 10.9 Å². The summed E-state index contributed by atoms with van der Waals surface area (Å²) in [5, 5.41) is 12.0. The largest absolute Gasteiger partial charge is 0.497 e. The third-order valence-corrected chi connectivity index (χ3v) is 5.16. The smallest absolute Gasteiger partial charge is 0.387 e. The van der Waals surface area contributed by atoms with E-state index in [1.165, 1.54) is 42.9 Å². The predicted octanol–water partition coefficient (Wildman–Crippen LogP) is 3.38. The predicted molar refractivity (Wildman–Crippen MR) is 115 cm³/mol. The van der Waals surface area contributed by atoms with Crippen molar-refractivity contribution in [2.24, 2.45) is 0 Å². The number of carbonyl (C=O) groups excluding carboxylic acids is 2. The zero-order valence-corrected chi connectivity index (χ0v) is 18.1. The van der Waals surface area contributed by atoms with Gasteiger partial charge >= 0.3 is 12.6 Å². The summed E-state index contributed by atoms with van der Waals surface area (Å²) in [6.45, 7) is 0.0430. The molecule has 0 saturated carbocycles. The molecule has 0 radical (unpaired) electrons. The molecule has 33 heavy (non-hydrogen) atoms. The number of alkyl halides is 2. The van der Waals surface area contributed by atoms with Crippen LogP contribution < -0.4 is 14.8 Å². The van der Waals surface area contributed by atoms with Crippen LogP contribution in [-0.4, -0.2) is 47.2 Å². The van der Waals surface area contributed by atoms with Gasteiger partial charge in [-0.2, -0.15) is 8.78 Å². The maximum Gasteiger partial charge on any atom is 0.387 e. The zero-order valence-electron chi connectivity index (χ0n) is 18.1. The molecule has 10 heteroatoms. The maximum absolute atomic E-state index is 13.3. The van der Waals surface area contributed by atoms with Gasteiger partial charge in [0.1, 0.15) is 17.5 Å². The summed E-state index contributed by atoms with van der Waals surface area (Å²) in [5.74, 6) is -1.68. The van der Waals surface area contributed by atoms with Crippen molar-refractivity contribution in [2.75, 3.05) is 7.11 Å². The van der Waals surface area contributed by atoms with Crippen molar-refractivity contribution in [3.05, 3.63) is 59.3 Å². The molecule has 0 fully saturated rings. The molecule has 1 heterocycles. The zero-order chi connectivity index (χ0) is 24.3. The van der Waals surface area contributed by atoms with Crippen LogP contribution in [0.2, 0.25) is 0 Å². The van der Waals surface area contributed by atoms with E-state index in [4.69, 9.17) is 9.84 Å². The molecule has 0 aliphatic rings. The van der Waals surface area contributed by atoms with Gasteiger partial charge in [0, 0.05) is 16.6 Å². The van der Waals surface area contributed by atoms with E-state index in [-0.39, 0.29) is 17.7 Å². The summed E-state index contributed by atoms with van der Waals surface area (Å²) < 4.78 is 35.8. The highest BCUT2D eigenvalue weighted by atomic mass is 19.3. The van der Waals surface area contributed by atoms with E-state index < -0.39 is 30.4 Å². The van der Waals surface area contributed by atoms with Crippen LogP contribution in [-0.2, 0) is 16.0 Å². The first kappa shape index (κ1) is 23.7. The van der Waals surface area contributed by atoms with Gasteiger partial charge in [-0.05, 0) is 61.9 Å². The number of amides is 1. The monoisotopic (exact) mass is 460 g/mol. The summed E-state index contributed by atoms with van der Waals surface area (Å²) in [7, 11) is 1.49. The summed E-state index contributed by atoms with van der Waals surface area (Å²) >= 11 is 0. The number of aromatic nitrogens is 1. The van der Waals surface area contributed by atoms with E-state index in [2.05, 4.69) is 10.1 Å². The van der Waals surface area contributed by atoms with Crippen LogP contribution in [0, 0.1) is 6.92 Å². The number of benzene rings is 2. The van der Waals surface area contributed by atoms with Crippen LogP contribution in [0.3, 0.4) is 0 Å². The molecule has 2 aromatic carbocycles. The molecule has 1 atom stereocenters. The number of nitrogens with one attached hydrogen (secondary N) is 1.